The van der Waals surface area contributed by atoms with Crippen LogP contribution in [0.5, 0.6) is 0 Å². The van der Waals surface area contributed by atoms with Crippen molar-refractivity contribution in [3.8, 4) is 12.3 Å². The first-order chi connectivity index (χ1) is 7.35. The van der Waals surface area contributed by atoms with Gasteiger partial charge in [-0.3, -0.25) is 0 Å². The van der Waals surface area contributed by atoms with Crippen LogP contribution in [-0.2, 0) is 4.74 Å². The second kappa shape index (κ2) is 11.9. The van der Waals surface area contributed by atoms with E-state index in [1.165, 1.54) is 0 Å². The van der Waals surface area contributed by atoms with Crippen molar-refractivity contribution < 1.29 is 4.74 Å². The molecule has 0 heterocycles. The lowest BCUT2D eigenvalue weighted by molar-refractivity contribution is 0.163. The topological polar surface area (TPSA) is 47.3 Å². The van der Waals surface area contributed by atoms with Crippen LogP contribution in [0, 0.1) is 12.3 Å². The first-order valence-electron chi connectivity index (χ1n) is 5.28. The van der Waals surface area contributed by atoms with Crippen LogP contribution in [0.2, 0.25) is 0 Å². The molecule has 0 amide bonds. The molecule has 1 unspecified atom stereocenters. The summed E-state index contributed by atoms with van der Waals surface area (Å²) in [5.41, 5.74) is 5.47. The highest BCUT2D eigenvalue weighted by atomic mass is 32.2. The molecular formula is C11H22N2OS. The Kier molecular flexibility index (Phi) is 11.7. The van der Waals surface area contributed by atoms with E-state index in [-0.39, 0.29) is 0 Å². The highest BCUT2D eigenvalue weighted by Crippen LogP contribution is 1.99. The summed E-state index contributed by atoms with van der Waals surface area (Å²) in [6.45, 7) is 2.47. The van der Waals surface area contributed by atoms with Crippen LogP contribution in [0.4, 0.5) is 0 Å². The fourth-order valence-electron chi connectivity index (χ4n) is 1.28. The molecular weight excluding hydrogens is 208 g/mol. The van der Waals surface area contributed by atoms with Crippen LogP contribution in [-0.4, -0.2) is 44.4 Å². The Labute approximate surface area is 97.5 Å². The Morgan fingerprint density at radius 2 is 2.40 bits per heavy atom. The van der Waals surface area contributed by atoms with Gasteiger partial charge in [0.1, 0.15) is 0 Å². The number of thioether (sulfide) groups is 1. The van der Waals surface area contributed by atoms with Crippen molar-refractivity contribution in [1.29, 1.82) is 0 Å². The summed E-state index contributed by atoms with van der Waals surface area (Å²) in [6, 6.07) is 0.421. The van der Waals surface area contributed by atoms with E-state index >= 15 is 0 Å². The molecule has 1 atom stereocenters. The molecule has 0 aliphatic heterocycles. The number of rotatable bonds is 10. The van der Waals surface area contributed by atoms with Crippen molar-refractivity contribution in [3.63, 3.8) is 0 Å². The van der Waals surface area contributed by atoms with Gasteiger partial charge in [-0.1, -0.05) is 5.92 Å². The van der Waals surface area contributed by atoms with Gasteiger partial charge in [-0.15, -0.1) is 18.2 Å². The summed E-state index contributed by atoms with van der Waals surface area (Å²) in [6.07, 6.45) is 7.27. The summed E-state index contributed by atoms with van der Waals surface area (Å²) < 4.78 is 5.14. The minimum Gasteiger partial charge on any atom is -0.383 e. The number of nitrogens with one attached hydrogen (secondary N) is 1. The summed E-state index contributed by atoms with van der Waals surface area (Å²) in [7, 11) is 1.73. The second-order valence-electron chi connectivity index (χ2n) is 3.29. The fourth-order valence-corrected chi connectivity index (χ4v) is 1.80. The smallest absolute Gasteiger partial charge is 0.0615 e. The number of hydrogen-bond donors (Lipinski definition) is 2. The fraction of sp³-hybridized carbons (Fsp3) is 0.818. The van der Waals surface area contributed by atoms with Crippen LogP contribution < -0.4 is 11.1 Å². The molecule has 0 rings (SSSR count). The number of hydrogen-bond acceptors (Lipinski definition) is 4. The molecule has 0 aromatic heterocycles. The van der Waals surface area contributed by atoms with Gasteiger partial charge in [0.2, 0.25) is 0 Å². The standard InChI is InChI=1S/C11H22N2OS/c1-3-8-15-9-7-13-11(10-14-2)5-4-6-12/h1,11,13H,4-10,12H2,2H3. The lowest BCUT2D eigenvalue weighted by Crippen LogP contribution is -2.35. The van der Waals surface area contributed by atoms with Crippen molar-refractivity contribution in [2.24, 2.45) is 5.73 Å². The number of ether oxygens (including phenoxy) is 1. The van der Waals surface area contributed by atoms with Gasteiger partial charge in [0, 0.05) is 25.4 Å². The highest BCUT2D eigenvalue weighted by Gasteiger charge is 2.05. The zero-order valence-electron chi connectivity index (χ0n) is 9.50. The summed E-state index contributed by atoms with van der Waals surface area (Å²) in [5.74, 6) is 4.45. The van der Waals surface area contributed by atoms with Crippen LogP contribution >= 0.6 is 11.8 Å². The van der Waals surface area contributed by atoms with Crippen LogP contribution in [0.3, 0.4) is 0 Å². The number of nitrogens with two attached hydrogens (primary N) is 1. The van der Waals surface area contributed by atoms with Crippen molar-refractivity contribution in [1.82, 2.24) is 5.32 Å². The Hall–Kier alpha value is -0.210. The van der Waals surface area contributed by atoms with Crippen molar-refractivity contribution in [2.75, 3.05) is 38.3 Å². The molecule has 0 aromatic carbocycles. The first-order valence-corrected chi connectivity index (χ1v) is 6.44. The molecule has 0 radical (unpaired) electrons. The largest absolute Gasteiger partial charge is 0.383 e. The minimum absolute atomic E-state index is 0.421. The predicted octanol–water partition coefficient (Wildman–Crippen LogP) is 0.696. The molecule has 0 saturated carbocycles. The first kappa shape index (κ1) is 14.8. The maximum atomic E-state index is 5.47. The number of terminal acetylenes is 1. The molecule has 3 nitrogen and oxygen atoms in total. The monoisotopic (exact) mass is 230 g/mol. The van der Waals surface area contributed by atoms with Crippen molar-refractivity contribution >= 4 is 11.8 Å². The van der Waals surface area contributed by atoms with Crippen molar-refractivity contribution in [3.05, 3.63) is 0 Å². The highest BCUT2D eigenvalue weighted by molar-refractivity contribution is 7.99. The number of methoxy groups -OCH3 is 1. The molecule has 0 spiro atoms. The molecule has 15 heavy (non-hydrogen) atoms. The van der Waals surface area contributed by atoms with Gasteiger partial charge in [-0.2, -0.15) is 0 Å². The summed E-state index contributed by atoms with van der Waals surface area (Å²) >= 11 is 1.77. The average molecular weight is 230 g/mol. The van der Waals surface area contributed by atoms with E-state index in [2.05, 4.69) is 11.2 Å². The van der Waals surface area contributed by atoms with Crippen LogP contribution in [0.15, 0.2) is 0 Å². The van der Waals surface area contributed by atoms with Gasteiger partial charge in [0.15, 0.2) is 0 Å². The van der Waals surface area contributed by atoms with E-state index < -0.39 is 0 Å². The van der Waals surface area contributed by atoms with Crippen LogP contribution in [0.1, 0.15) is 12.8 Å². The van der Waals surface area contributed by atoms with E-state index in [0.29, 0.717) is 6.04 Å². The van der Waals surface area contributed by atoms with Crippen LogP contribution in [0.25, 0.3) is 0 Å². The lowest BCUT2D eigenvalue weighted by Gasteiger charge is -2.17. The normalized spacial score (nSPS) is 12.3. The zero-order chi connectivity index (χ0) is 11.4. The molecule has 0 saturated heterocycles. The maximum absolute atomic E-state index is 5.47. The predicted molar refractivity (Wildman–Crippen MR) is 68.1 cm³/mol. The van der Waals surface area contributed by atoms with E-state index in [1.54, 1.807) is 18.9 Å². The van der Waals surface area contributed by atoms with E-state index in [4.69, 9.17) is 16.9 Å². The van der Waals surface area contributed by atoms with Gasteiger partial charge >= 0.3 is 0 Å². The van der Waals surface area contributed by atoms with Crippen molar-refractivity contribution in [2.45, 2.75) is 18.9 Å². The Balaban J connectivity index is 3.43. The van der Waals surface area contributed by atoms with Gasteiger partial charge < -0.3 is 15.8 Å². The molecule has 88 valence electrons. The lowest BCUT2D eigenvalue weighted by atomic mass is 10.1. The maximum Gasteiger partial charge on any atom is 0.0615 e. The molecule has 0 aliphatic rings. The SMILES string of the molecule is C#CCSCCNC(CCCN)COC. The molecule has 4 heteroatoms. The molecule has 0 bridgehead atoms. The molecule has 0 aromatic rings. The quantitative estimate of drug-likeness (QED) is 0.428. The Morgan fingerprint density at radius 3 is 3.00 bits per heavy atom. The summed E-state index contributed by atoms with van der Waals surface area (Å²) in [5, 5.41) is 3.44. The molecule has 0 fully saturated rings. The third kappa shape index (κ3) is 10.1. The minimum atomic E-state index is 0.421. The van der Waals surface area contributed by atoms with E-state index in [0.717, 1.165) is 44.0 Å². The van der Waals surface area contributed by atoms with Gasteiger partial charge in [0.25, 0.3) is 0 Å². The van der Waals surface area contributed by atoms with Gasteiger partial charge in [-0.05, 0) is 19.4 Å². The second-order valence-corrected chi connectivity index (χ2v) is 4.40. The molecule has 3 N–H and O–H groups in total. The average Bonchev–Trinajstić information content (AvgIpc) is 2.25. The Morgan fingerprint density at radius 1 is 1.60 bits per heavy atom. The summed E-state index contributed by atoms with van der Waals surface area (Å²) in [4.78, 5) is 0. The Bertz CT molecular complexity index is 170. The third-order valence-corrected chi connectivity index (χ3v) is 2.85. The zero-order valence-corrected chi connectivity index (χ0v) is 10.3. The van der Waals surface area contributed by atoms with Gasteiger partial charge in [0.05, 0.1) is 12.4 Å². The van der Waals surface area contributed by atoms with E-state index in [1.807, 2.05) is 0 Å². The third-order valence-electron chi connectivity index (χ3n) is 1.99. The molecule has 0 aliphatic carbocycles. The van der Waals surface area contributed by atoms with E-state index in [9.17, 15) is 0 Å². The van der Waals surface area contributed by atoms with Gasteiger partial charge in [-0.25, -0.2) is 0 Å².